The van der Waals surface area contributed by atoms with Crippen LogP contribution in [0.4, 0.5) is 5.69 Å². The Balaban J connectivity index is 2.74. The van der Waals surface area contributed by atoms with Crippen LogP contribution in [0, 0.1) is 10.1 Å². The van der Waals surface area contributed by atoms with E-state index in [9.17, 15) is 14.9 Å². The van der Waals surface area contributed by atoms with Gasteiger partial charge in [-0.3, -0.25) is 14.9 Å². The van der Waals surface area contributed by atoms with Crippen molar-refractivity contribution in [3.05, 3.63) is 52.1 Å². The highest BCUT2D eigenvalue weighted by molar-refractivity contribution is 5.91. The molecule has 0 unspecified atom stereocenters. The number of carboxylic acids is 1. The highest BCUT2D eigenvalue weighted by Crippen LogP contribution is 2.28. The Hall–Kier alpha value is -2.43. The second-order valence-electron chi connectivity index (χ2n) is 3.61. The minimum absolute atomic E-state index is 0.147. The van der Waals surface area contributed by atoms with Gasteiger partial charge in [0.2, 0.25) is 0 Å². The van der Waals surface area contributed by atoms with E-state index >= 15 is 0 Å². The highest BCUT2D eigenvalue weighted by atomic mass is 16.6. The normalized spacial score (nSPS) is 10.4. The lowest BCUT2D eigenvalue weighted by Crippen LogP contribution is -2.04. The van der Waals surface area contributed by atoms with E-state index in [1.54, 1.807) is 30.3 Å². The summed E-state index contributed by atoms with van der Waals surface area (Å²) in [7, 11) is 0. The number of carboxylic acid groups (broad SMARTS) is 1. The van der Waals surface area contributed by atoms with Crippen LogP contribution in [0.3, 0.4) is 0 Å². The van der Waals surface area contributed by atoms with Crippen LogP contribution >= 0.6 is 0 Å². The van der Waals surface area contributed by atoms with Crippen molar-refractivity contribution >= 4 is 22.4 Å². The molecular formula is C12H9NO4. The fourth-order valence-corrected chi connectivity index (χ4v) is 1.83. The number of carbonyl (C=O) groups is 1. The van der Waals surface area contributed by atoms with E-state index in [2.05, 4.69) is 0 Å². The van der Waals surface area contributed by atoms with Crippen LogP contribution in [0.5, 0.6) is 0 Å². The zero-order valence-corrected chi connectivity index (χ0v) is 8.79. The average Bonchev–Trinajstić information content (AvgIpc) is 2.28. The molecule has 86 valence electrons. The predicted octanol–water partition coefficient (Wildman–Crippen LogP) is 2.38. The summed E-state index contributed by atoms with van der Waals surface area (Å²) in [6.45, 7) is 0. The van der Waals surface area contributed by atoms with Crippen molar-refractivity contribution in [3.8, 4) is 0 Å². The van der Waals surface area contributed by atoms with Gasteiger partial charge in [-0.1, -0.05) is 24.3 Å². The Morgan fingerprint density at radius 3 is 2.59 bits per heavy atom. The SMILES string of the molecule is O=C(O)Cc1c([N+](=O)[O-])ccc2ccccc12. The second-order valence-corrected chi connectivity index (χ2v) is 3.61. The average molecular weight is 231 g/mol. The van der Waals surface area contributed by atoms with Crippen LogP contribution in [0.15, 0.2) is 36.4 Å². The van der Waals surface area contributed by atoms with Crippen LogP contribution < -0.4 is 0 Å². The molecule has 0 aromatic heterocycles. The first-order valence-electron chi connectivity index (χ1n) is 4.96. The number of aliphatic carboxylic acids is 1. The van der Waals surface area contributed by atoms with Gasteiger partial charge in [0.1, 0.15) is 0 Å². The molecule has 0 bridgehead atoms. The number of hydrogen-bond donors (Lipinski definition) is 1. The summed E-state index contributed by atoms with van der Waals surface area (Å²) in [5.74, 6) is -1.08. The van der Waals surface area contributed by atoms with E-state index in [0.29, 0.717) is 5.39 Å². The molecule has 2 aromatic rings. The molecule has 2 aromatic carbocycles. The van der Waals surface area contributed by atoms with E-state index in [1.807, 2.05) is 0 Å². The third-order valence-corrected chi connectivity index (χ3v) is 2.54. The number of nitrogens with zero attached hydrogens (tertiary/aromatic N) is 1. The van der Waals surface area contributed by atoms with Crippen molar-refractivity contribution in [1.29, 1.82) is 0 Å². The number of fused-ring (bicyclic) bond motifs is 1. The molecule has 0 spiro atoms. The first-order chi connectivity index (χ1) is 8.09. The van der Waals surface area contributed by atoms with Gasteiger partial charge in [0, 0.05) is 11.6 Å². The number of rotatable bonds is 3. The summed E-state index contributed by atoms with van der Waals surface area (Å²) in [4.78, 5) is 21.1. The molecule has 0 saturated heterocycles. The topological polar surface area (TPSA) is 80.4 Å². The fourth-order valence-electron chi connectivity index (χ4n) is 1.83. The largest absolute Gasteiger partial charge is 0.481 e. The zero-order valence-electron chi connectivity index (χ0n) is 8.79. The highest BCUT2D eigenvalue weighted by Gasteiger charge is 2.18. The smallest absolute Gasteiger partial charge is 0.308 e. The van der Waals surface area contributed by atoms with Gasteiger partial charge in [-0.15, -0.1) is 0 Å². The Bertz CT molecular complexity index is 606. The number of benzene rings is 2. The van der Waals surface area contributed by atoms with Crippen LogP contribution in [0.25, 0.3) is 10.8 Å². The summed E-state index contributed by atoms with van der Waals surface area (Å²) >= 11 is 0. The fraction of sp³-hybridized carbons (Fsp3) is 0.0833. The van der Waals surface area contributed by atoms with Crippen LogP contribution in [-0.2, 0) is 11.2 Å². The van der Waals surface area contributed by atoms with Crippen LogP contribution in [0.1, 0.15) is 5.56 Å². The van der Waals surface area contributed by atoms with Crippen LogP contribution in [-0.4, -0.2) is 16.0 Å². The maximum absolute atomic E-state index is 10.9. The lowest BCUT2D eigenvalue weighted by Gasteiger charge is -2.05. The van der Waals surface area contributed by atoms with Gasteiger partial charge in [0.15, 0.2) is 0 Å². The third kappa shape index (κ3) is 2.08. The molecule has 5 nitrogen and oxygen atoms in total. The summed E-state index contributed by atoms with van der Waals surface area (Å²) < 4.78 is 0. The van der Waals surface area contributed by atoms with Gasteiger partial charge < -0.3 is 5.11 Å². The van der Waals surface area contributed by atoms with Gasteiger partial charge in [-0.05, 0) is 16.8 Å². The van der Waals surface area contributed by atoms with E-state index in [-0.39, 0.29) is 17.7 Å². The van der Waals surface area contributed by atoms with Gasteiger partial charge in [-0.2, -0.15) is 0 Å². The monoisotopic (exact) mass is 231 g/mol. The van der Waals surface area contributed by atoms with Crippen molar-refractivity contribution in [2.45, 2.75) is 6.42 Å². The molecule has 0 heterocycles. The molecular weight excluding hydrogens is 222 g/mol. The minimum Gasteiger partial charge on any atom is -0.481 e. The molecule has 5 heteroatoms. The first-order valence-corrected chi connectivity index (χ1v) is 4.96. The number of nitro benzene ring substituents is 1. The molecule has 0 amide bonds. The maximum Gasteiger partial charge on any atom is 0.308 e. The molecule has 0 aliphatic rings. The maximum atomic E-state index is 10.9. The Kier molecular flexibility index (Phi) is 2.74. The quantitative estimate of drug-likeness (QED) is 0.649. The molecule has 0 aliphatic carbocycles. The molecule has 0 atom stereocenters. The summed E-state index contributed by atoms with van der Waals surface area (Å²) in [5, 5.41) is 21.1. The van der Waals surface area contributed by atoms with Crippen molar-refractivity contribution in [2.75, 3.05) is 0 Å². The lowest BCUT2D eigenvalue weighted by atomic mass is 10.0. The number of hydrogen-bond acceptors (Lipinski definition) is 3. The van der Waals surface area contributed by atoms with E-state index in [4.69, 9.17) is 5.11 Å². The van der Waals surface area contributed by atoms with Crippen molar-refractivity contribution < 1.29 is 14.8 Å². The minimum atomic E-state index is -1.08. The molecule has 17 heavy (non-hydrogen) atoms. The second kappa shape index (κ2) is 4.21. The summed E-state index contributed by atoms with van der Waals surface area (Å²) in [6.07, 6.45) is -0.350. The molecule has 1 N–H and O–H groups in total. The van der Waals surface area contributed by atoms with Gasteiger partial charge in [-0.25, -0.2) is 0 Å². The standard InChI is InChI=1S/C12H9NO4/c14-12(15)7-10-9-4-2-1-3-8(9)5-6-11(10)13(16)17/h1-6H,7H2,(H,14,15). The summed E-state index contributed by atoms with van der Waals surface area (Å²) in [6, 6.07) is 10.0. The van der Waals surface area contributed by atoms with Gasteiger partial charge >= 0.3 is 5.97 Å². The van der Waals surface area contributed by atoms with Crippen LogP contribution in [0.2, 0.25) is 0 Å². The van der Waals surface area contributed by atoms with E-state index in [0.717, 1.165) is 5.39 Å². The summed E-state index contributed by atoms with van der Waals surface area (Å²) in [5.41, 5.74) is 0.103. The van der Waals surface area contributed by atoms with Crippen molar-refractivity contribution in [3.63, 3.8) is 0 Å². The molecule has 0 aliphatic heterocycles. The molecule has 0 radical (unpaired) electrons. The first kappa shape index (κ1) is 11.1. The van der Waals surface area contributed by atoms with Crippen molar-refractivity contribution in [1.82, 2.24) is 0 Å². The molecule has 0 saturated carbocycles. The predicted molar refractivity (Wildman–Crippen MR) is 61.9 cm³/mol. The number of nitro groups is 1. The lowest BCUT2D eigenvalue weighted by molar-refractivity contribution is -0.385. The Morgan fingerprint density at radius 1 is 1.24 bits per heavy atom. The Morgan fingerprint density at radius 2 is 1.94 bits per heavy atom. The third-order valence-electron chi connectivity index (χ3n) is 2.54. The Labute approximate surface area is 96.5 Å². The van der Waals surface area contributed by atoms with Gasteiger partial charge in [0.25, 0.3) is 5.69 Å². The van der Waals surface area contributed by atoms with E-state index < -0.39 is 10.9 Å². The zero-order chi connectivity index (χ0) is 12.4. The molecule has 2 rings (SSSR count). The van der Waals surface area contributed by atoms with E-state index in [1.165, 1.54) is 6.07 Å². The van der Waals surface area contributed by atoms with Gasteiger partial charge in [0.05, 0.1) is 11.3 Å². The molecule has 0 fully saturated rings. The van der Waals surface area contributed by atoms with Crippen molar-refractivity contribution in [2.24, 2.45) is 0 Å².